The van der Waals surface area contributed by atoms with Crippen LogP contribution in [-0.4, -0.2) is 41.3 Å². The third kappa shape index (κ3) is 3.48. The van der Waals surface area contributed by atoms with E-state index in [-0.39, 0.29) is 11.8 Å². The Kier molecular flexibility index (Phi) is 4.31. The zero-order chi connectivity index (χ0) is 14.7. The van der Waals surface area contributed by atoms with Crippen molar-refractivity contribution < 1.29 is 9.59 Å². The van der Waals surface area contributed by atoms with Crippen molar-refractivity contribution in [3.05, 3.63) is 27.9 Å². The van der Waals surface area contributed by atoms with Crippen LogP contribution in [0.5, 0.6) is 0 Å². The molecule has 7 heteroatoms. The molecule has 1 saturated heterocycles. The van der Waals surface area contributed by atoms with E-state index < -0.39 is 0 Å². The molecule has 110 valence electrons. The molecule has 5 nitrogen and oxygen atoms in total. The van der Waals surface area contributed by atoms with Crippen molar-refractivity contribution in [1.82, 2.24) is 15.2 Å². The minimum atomic E-state index is 0.0127. The number of carbonyl (C=O) groups is 2. The van der Waals surface area contributed by atoms with E-state index >= 15 is 0 Å². The lowest BCUT2D eigenvalue weighted by Crippen LogP contribution is -2.35. The maximum atomic E-state index is 12.3. The predicted molar refractivity (Wildman–Crippen MR) is 83.3 cm³/mol. The number of rotatable bonds is 3. The molecule has 1 fully saturated rings. The molecule has 3 heterocycles. The van der Waals surface area contributed by atoms with E-state index in [2.05, 4.69) is 15.7 Å². The summed E-state index contributed by atoms with van der Waals surface area (Å²) < 4.78 is 0. The van der Waals surface area contributed by atoms with Gasteiger partial charge in [0.15, 0.2) is 0 Å². The Morgan fingerprint density at radius 2 is 2.29 bits per heavy atom. The molecule has 0 bridgehead atoms. The molecule has 2 aromatic heterocycles. The van der Waals surface area contributed by atoms with Gasteiger partial charge in [-0.1, -0.05) is 0 Å². The number of hydrogen-bond acceptors (Lipinski definition) is 5. The molecule has 1 aliphatic heterocycles. The fourth-order valence-electron chi connectivity index (χ4n) is 2.19. The Morgan fingerprint density at radius 3 is 3.10 bits per heavy atom. The third-order valence-corrected chi connectivity index (χ3v) is 4.94. The van der Waals surface area contributed by atoms with Crippen LogP contribution in [0.4, 0.5) is 0 Å². The van der Waals surface area contributed by atoms with E-state index in [0.29, 0.717) is 32.5 Å². The van der Waals surface area contributed by atoms with Crippen LogP contribution < -0.4 is 5.32 Å². The van der Waals surface area contributed by atoms with Crippen molar-refractivity contribution in [2.75, 3.05) is 19.6 Å². The molecule has 2 aromatic rings. The lowest BCUT2D eigenvalue weighted by molar-refractivity contribution is -0.130. The zero-order valence-electron chi connectivity index (χ0n) is 11.4. The lowest BCUT2D eigenvalue weighted by atomic mass is 10.2. The fourth-order valence-corrected chi connectivity index (χ4v) is 3.72. The molecule has 0 atom stereocenters. The van der Waals surface area contributed by atoms with E-state index in [1.54, 1.807) is 27.6 Å². The monoisotopic (exact) mass is 321 g/mol. The predicted octanol–water partition coefficient (Wildman–Crippen LogP) is 1.76. The average molecular weight is 321 g/mol. The number of nitrogens with zero attached hydrogens (tertiary/aromatic N) is 2. The van der Waals surface area contributed by atoms with Crippen LogP contribution in [0.15, 0.2) is 22.2 Å². The van der Waals surface area contributed by atoms with E-state index in [0.717, 1.165) is 16.3 Å². The molecule has 0 radical (unpaired) electrons. The van der Waals surface area contributed by atoms with Gasteiger partial charge < -0.3 is 10.2 Å². The highest BCUT2D eigenvalue weighted by Crippen LogP contribution is 2.25. The van der Waals surface area contributed by atoms with Gasteiger partial charge in [0.2, 0.25) is 11.8 Å². The number of thiazole rings is 1. The van der Waals surface area contributed by atoms with Gasteiger partial charge in [-0.15, -0.1) is 11.3 Å². The standard InChI is InChI=1S/C14H15N3O2S2/c18-12-1-4-17(5-3-15-12)13(19)7-11-9-21-14(16-11)10-2-6-20-8-10/h2,6,8-9H,1,3-5,7H2,(H,15,18). The maximum Gasteiger partial charge on any atom is 0.228 e. The van der Waals surface area contributed by atoms with E-state index in [9.17, 15) is 9.59 Å². The van der Waals surface area contributed by atoms with Crippen LogP contribution in [0.3, 0.4) is 0 Å². The van der Waals surface area contributed by atoms with Crippen molar-refractivity contribution in [2.45, 2.75) is 12.8 Å². The summed E-state index contributed by atoms with van der Waals surface area (Å²) >= 11 is 3.19. The molecule has 0 saturated carbocycles. The molecule has 0 unspecified atom stereocenters. The summed E-state index contributed by atoms with van der Waals surface area (Å²) in [6, 6.07) is 2.03. The van der Waals surface area contributed by atoms with Gasteiger partial charge in [-0.25, -0.2) is 4.98 Å². The summed E-state index contributed by atoms with van der Waals surface area (Å²) in [6.07, 6.45) is 0.678. The summed E-state index contributed by atoms with van der Waals surface area (Å²) in [5, 5.41) is 9.73. The van der Waals surface area contributed by atoms with Gasteiger partial charge in [-0.2, -0.15) is 11.3 Å². The molecule has 0 spiro atoms. The maximum absolute atomic E-state index is 12.3. The normalized spacial score (nSPS) is 15.6. The fraction of sp³-hybridized carbons (Fsp3) is 0.357. The Morgan fingerprint density at radius 1 is 1.38 bits per heavy atom. The Hall–Kier alpha value is -1.73. The molecule has 1 aliphatic rings. The summed E-state index contributed by atoms with van der Waals surface area (Å²) in [7, 11) is 0. The van der Waals surface area contributed by atoms with Crippen LogP contribution in [0, 0.1) is 0 Å². The minimum absolute atomic E-state index is 0.0127. The van der Waals surface area contributed by atoms with Crippen molar-refractivity contribution in [3.63, 3.8) is 0 Å². The first-order chi connectivity index (χ1) is 10.2. The number of amides is 2. The quantitative estimate of drug-likeness (QED) is 0.937. The van der Waals surface area contributed by atoms with Gasteiger partial charge in [0, 0.05) is 42.4 Å². The highest BCUT2D eigenvalue weighted by atomic mass is 32.1. The first-order valence-corrected chi connectivity index (χ1v) is 8.56. The topological polar surface area (TPSA) is 62.3 Å². The number of aromatic nitrogens is 1. The molecule has 0 aliphatic carbocycles. The zero-order valence-corrected chi connectivity index (χ0v) is 13.0. The largest absolute Gasteiger partial charge is 0.354 e. The number of thiophene rings is 1. The van der Waals surface area contributed by atoms with Crippen molar-refractivity contribution in [2.24, 2.45) is 0 Å². The first-order valence-electron chi connectivity index (χ1n) is 6.74. The van der Waals surface area contributed by atoms with Crippen LogP contribution in [0.2, 0.25) is 0 Å². The summed E-state index contributed by atoms with van der Waals surface area (Å²) in [4.78, 5) is 29.8. The molecular weight excluding hydrogens is 306 g/mol. The van der Waals surface area contributed by atoms with Crippen LogP contribution in [0.1, 0.15) is 12.1 Å². The van der Waals surface area contributed by atoms with E-state index in [1.165, 1.54) is 0 Å². The highest BCUT2D eigenvalue weighted by Gasteiger charge is 2.19. The second-order valence-corrected chi connectivity index (χ2v) is 6.45. The Bertz CT molecular complexity index is 636. The van der Waals surface area contributed by atoms with E-state index in [4.69, 9.17) is 0 Å². The van der Waals surface area contributed by atoms with Gasteiger partial charge >= 0.3 is 0 Å². The number of hydrogen-bond donors (Lipinski definition) is 1. The van der Waals surface area contributed by atoms with Gasteiger partial charge in [-0.05, 0) is 11.4 Å². The second-order valence-electron chi connectivity index (χ2n) is 4.81. The average Bonchev–Trinajstić information content (AvgIpc) is 3.09. The number of carbonyl (C=O) groups excluding carboxylic acids is 2. The second kappa shape index (κ2) is 6.36. The Balaban J connectivity index is 1.63. The van der Waals surface area contributed by atoms with Crippen molar-refractivity contribution in [1.29, 1.82) is 0 Å². The van der Waals surface area contributed by atoms with Crippen molar-refractivity contribution >= 4 is 34.5 Å². The van der Waals surface area contributed by atoms with Gasteiger partial charge in [0.1, 0.15) is 5.01 Å². The van der Waals surface area contributed by atoms with Crippen LogP contribution in [0.25, 0.3) is 10.6 Å². The third-order valence-electron chi connectivity index (χ3n) is 3.32. The van der Waals surface area contributed by atoms with Gasteiger partial charge in [-0.3, -0.25) is 9.59 Å². The number of nitrogens with one attached hydrogen (secondary N) is 1. The molecule has 0 aromatic carbocycles. The van der Waals surface area contributed by atoms with Crippen LogP contribution in [-0.2, 0) is 16.0 Å². The first kappa shape index (κ1) is 14.2. The SMILES string of the molecule is O=C1CCN(C(=O)Cc2csc(-c3ccsc3)n2)CCN1. The van der Waals surface area contributed by atoms with E-state index in [1.807, 2.05) is 16.8 Å². The van der Waals surface area contributed by atoms with Crippen molar-refractivity contribution in [3.8, 4) is 10.6 Å². The Labute approximate surface area is 130 Å². The van der Waals surface area contributed by atoms with Gasteiger partial charge in [0.05, 0.1) is 12.1 Å². The van der Waals surface area contributed by atoms with Crippen LogP contribution >= 0.6 is 22.7 Å². The molecule has 21 heavy (non-hydrogen) atoms. The highest BCUT2D eigenvalue weighted by molar-refractivity contribution is 7.14. The molecule has 1 N–H and O–H groups in total. The minimum Gasteiger partial charge on any atom is -0.354 e. The summed E-state index contributed by atoms with van der Waals surface area (Å²) in [6.45, 7) is 1.60. The lowest BCUT2D eigenvalue weighted by Gasteiger charge is -2.18. The molecule has 3 rings (SSSR count). The molecular formula is C14H15N3O2S2. The van der Waals surface area contributed by atoms with Gasteiger partial charge in [0.25, 0.3) is 0 Å². The molecule has 2 amide bonds. The summed E-state index contributed by atoms with van der Waals surface area (Å²) in [5.41, 5.74) is 1.91. The smallest absolute Gasteiger partial charge is 0.228 e. The summed E-state index contributed by atoms with van der Waals surface area (Å²) in [5.74, 6) is 0.0485.